The van der Waals surface area contributed by atoms with Gasteiger partial charge in [-0.3, -0.25) is 4.79 Å². The molecule has 0 spiro atoms. The van der Waals surface area contributed by atoms with Gasteiger partial charge in [-0.2, -0.15) is 11.8 Å². The number of ether oxygens (including phenoxy) is 1. The molecule has 0 bridgehead atoms. The Morgan fingerprint density at radius 2 is 1.90 bits per heavy atom. The van der Waals surface area contributed by atoms with Crippen LogP contribution in [0.1, 0.15) is 37.3 Å². The van der Waals surface area contributed by atoms with E-state index in [0.29, 0.717) is 12.4 Å². The molecule has 0 atom stereocenters. The van der Waals surface area contributed by atoms with Gasteiger partial charge in [0.1, 0.15) is 5.75 Å². The lowest BCUT2D eigenvalue weighted by atomic mass is 10.1. The van der Waals surface area contributed by atoms with E-state index in [0.717, 1.165) is 37.3 Å². The molecule has 1 rings (SSSR count). The van der Waals surface area contributed by atoms with Gasteiger partial charge in [-0.1, -0.05) is 19.4 Å². The summed E-state index contributed by atoms with van der Waals surface area (Å²) in [4.78, 5) is 11.5. The number of unbranched alkanes of at least 4 members (excludes halogenated alkanes) is 1. The first-order chi connectivity index (χ1) is 10.1. The van der Waals surface area contributed by atoms with Crippen molar-refractivity contribution in [2.24, 2.45) is 0 Å². The molecule has 0 unspecified atom stereocenters. The molecule has 0 aliphatic rings. The second kappa shape index (κ2) is 10.6. The maximum Gasteiger partial charge on any atom is 0.229 e. The fraction of sp³-hybridized carbons (Fsp3) is 0.588. The summed E-state index contributed by atoms with van der Waals surface area (Å²) in [6.07, 6.45) is 3.13. The van der Waals surface area contributed by atoms with Gasteiger partial charge in [-0.15, -0.1) is 0 Å². The molecular formula is C17H27NO2S. The molecule has 3 nitrogen and oxygen atoms in total. The minimum Gasteiger partial charge on any atom is -0.494 e. The van der Waals surface area contributed by atoms with Crippen molar-refractivity contribution < 1.29 is 9.53 Å². The van der Waals surface area contributed by atoms with Crippen LogP contribution in [-0.4, -0.2) is 30.6 Å². The molecular weight excluding hydrogens is 282 g/mol. The largest absolute Gasteiger partial charge is 0.494 e. The van der Waals surface area contributed by atoms with Crippen molar-refractivity contribution in [3.63, 3.8) is 0 Å². The highest BCUT2D eigenvalue weighted by Gasteiger charge is 2.01. The zero-order valence-electron chi connectivity index (χ0n) is 13.4. The van der Waals surface area contributed by atoms with E-state index < -0.39 is 0 Å². The lowest BCUT2D eigenvalue weighted by Crippen LogP contribution is -2.26. The summed E-state index contributed by atoms with van der Waals surface area (Å²) < 4.78 is 5.74. The molecule has 1 aromatic rings. The number of thioether (sulfide) groups is 1. The van der Waals surface area contributed by atoms with Crippen molar-refractivity contribution in [2.75, 3.05) is 24.7 Å². The fourth-order valence-electron chi connectivity index (χ4n) is 1.99. The quantitative estimate of drug-likeness (QED) is 0.669. The standard InChI is InChI=1S/C17H27NO2S/c1-4-5-7-18-17(19)13-21-9-6-8-20-16-11-14(2)10-15(3)12-16/h10-12H,4-9,13H2,1-3H3,(H,18,19). The highest BCUT2D eigenvalue weighted by atomic mass is 32.2. The summed E-state index contributed by atoms with van der Waals surface area (Å²) in [7, 11) is 0. The summed E-state index contributed by atoms with van der Waals surface area (Å²) >= 11 is 1.67. The summed E-state index contributed by atoms with van der Waals surface area (Å²) in [5.41, 5.74) is 2.45. The third-order valence-electron chi connectivity index (χ3n) is 2.98. The molecule has 1 aromatic carbocycles. The highest BCUT2D eigenvalue weighted by Crippen LogP contribution is 2.16. The zero-order chi connectivity index (χ0) is 15.5. The Kier molecular flexibility index (Phi) is 8.99. The lowest BCUT2D eigenvalue weighted by molar-refractivity contribution is -0.118. The van der Waals surface area contributed by atoms with Gasteiger partial charge in [0.25, 0.3) is 0 Å². The van der Waals surface area contributed by atoms with Crippen molar-refractivity contribution in [1.82, 2.24) is 5.32 Å². The van der Waals surface area contributed by atoms with Crippen LogP contribution in [0.3, 0.4) is 0 Å². The van der Waals surface area contributed by atoms with Crippen LogP contribution in [0.5, 0.6) is 5.75 Å². The van der Waals surface area contributed by atoms with Crippen molar-refractivity contribution in [3.8, 4) is 5.75 Å². The maximum absolute atomic E-state index is 11.5. The minimum absolute atomic E-state index is 0.142. The number of nitrogens with one attached hydrogen (secondary N) is 1. The molecule has 4 heteroatoms. The van der Waals surface area contributed by atoms with Crippen LogP contribution in [0.4, 0.5) is 0 Å². The van der Waals surface area contributed by atoms with Crippen LogP contribution in [0.15, 0.2) is 18.2 Å². The Morgan fingerprint density at radius 1 is 1.19 bits per heavy atom. The summed E-state index contributed by atoms with van der Waals surface area (Å²) in [5.74, 6) is 2.58. The van der Waals surface area contributed by atoms with Gasteiger partial charge >= 0.3 is 0 Å². The van der Waals surface area contributed by atoms with Gasteiger partial charge in [0.2, 0.25) is 5.91 Å². The van der Waals surface area contributed by atoms with Gasteiger partial charge < -0.3 is 10.1 Å². The van der Waals surface area contributed by atoms with Crippen LogP contribution in [0, 0.1) is 13.8 Å². The first kappa shape index (κ1) is 17.9. The predicted octanol–water partition coefficient (Wildman–Crippen LogP) is 3.72. The average molecular weight is 309 g/mol. The van der Waals surface area contributed by atoms with Gasteiger partial charge in [0, 0.05) is 6.54 Å². The second-order valence-corrected chi connectivity index (χ2v) is 6.39. The van der Waals surface area contributed by atoms with Crippen LogP contribution < -0.4 is 10.1 Å². The summed E-state index contributed by atoms with van der Waals surface area (Å²) in [6, 6.07) is 6.25. The molecule has 0 heterocycles. The number of hydrogen-bond donors (Lipinski definition) is 1. The predicted molar refractivity (Wildman–Crippen MR) is 91.3 cm³/mol. The molecule has 0 saturated carbocycles. The number of hydrogen-bond acceptors (Lipinski definition) is 3. The van der Waals surface area contributed by atoms with E-state index in [4.69, 9.17) is 4.74 Å². The lowest BCUT2D eigenvalue weighted by Gasteiger charge is -2.08. The highest BCUT2D eigenvalue weighted by molar-refractivity contribution is 7.99. The number of benzene rings is 1. The van der Waals surface area contributed by atoms with E-state index in [9.17, 15) is 4.79 Å². The van der Waals surface area contributed by atoms with E-state index in [1.807, 2.05) is 0 Å². The Bertz CT molecular complexity index is 415. The first-order valence-electron chi connectivity index (χ1n) is 7.67. The van der Waals surface area contributed by atoms with E-state index in [2.05, 4.69) is 44.3 Å². The van der Waals surface area contributed by atoms with Crippen molar-refractivity contribution >= 4 is 17.7 Å². The Balaban J connectivity index is 2.05. The van der Waals surface area contributed by atoms with E-state index in [1.165, 1.54) is 11.1 Å². The van der Waals surface area contributed by atoms with Gasteiger partial charge in [-0.25, -0.2) is 0 Å². The molecule has 21 heavy (non-hydrogen) atoms. The van der Waals surface area contributed by atoms with Crippen molar-refractivity contribution in [1.29, 1.82) is 0 Å². The molecule has 0 fully saturated rings. The third-order valence-corrected chi connectivity index (χ3v) is 4.03. The van der Waals surface area contributed by atoms with Crippen LogP contribution in [-0.2, 0) is 4.79 Å². The van der Waals surface area contributed by atoms with E-state index in [-0.39, 0.29) is 5.91 Å². The molecule has 1 amide bonds. The summed E-state index contributed by atoms with van der Waals surface area (Å²) in [6.45, 7) is 7.77. The number of amides is 1. The Morgan fingerprint density at radius 3 is 2.57 bits per heavy atom. The van der Waals surface area contributed by atoms with E-state index >= 15 is 0 Å². The zero-order valence-corrected chi connectivity index (χ0v) is 14.2. The molecule has 0 saturated heterocycles. The molecule has 118 valence electrons. The number of rotatable bonds is 10. The number of carbonyl (C=O) groups is 1. The Hall–Kier alpha value is -1.16. The van der Waals surface area contributed by atoms with Crippen molar-refractivity contribution in [2.45, 2.75) is 40.0 Å². The monoisotopic (exact) mass is 309 g/mol. The van der Waals surface area contributed by atoms with Gasteiger partial charge in [-0.05, 0) is 55.7 Å². The van der Waals surface area contributed by atoms with Crippen LogP contribution in [0.25, 0.3) is 0 Å². The smallest absolute Gasteiger partial charge is 0.229 e. The molecule has 0 aliphatic heterocycles. The molecule has 0 aliphatic carbocycles. The maximum atomic E-state index is 11.5. The molecule has 0 radical (unpaired) electrons. The normalized spacial score (nSPS) is 10.4. The Labute approximate surface area is 132 Å². The first-order valence-corrected chi connectivity index (χ1v) is 8.83. The minimum atomic E-state index is 0.142. The van der Waals surface area contributed by atoms with Crippen LogP contribution >= 0.6 is 11.8 Å². The number of carbonyl (C=O) groups excluding carboxylic acids is 1. The number of aryl methyl sites for hydroxylation is 2. The third kappa shape index (κ3) is 8.66. The van der Waals surface area contributed by atoms with Gasteiger partial charge in [0.15, 0.2) is 0 Å². The van der Waals surface area contributed by atoms with E-state index in [1.54, 1.807) is 11.8 Å². The summed E-state index contributed by atoms with van der Waals surface area (Å²) in [5, 5.41) is 2.92. The average Bonchev–Trinajstić information content (AvgIpc) is 2.42. The second-order valence-electron chi connectivity index (χ2n) is 5.28. The molecule has 0 aromatic heterocycles. The topological polar surface area (TPSA) is 38.3 Å². The van der Waals surface area contributed by atoms with Crippen molar-refractivity contribution in [3.05, 3.63) is 29.3 Å². The van der Waals surface area contributed by atoms with Crippen LogP contribution in [0.2, 0.25) is 0 Å². The molecule has 1 N–H and O–H groups in total. The van der Waals surface area contributed by atoms with Gasteiger partial charge in [0.05, 0.1) is 12.4 Å². The fourth-order valence-corrected chi connectivity index (χ4v) is 2.74. The SMILES string of the molecule is CCCCNC(=O)CSCCCOc1cc(C)cc(C)c1.